The Kier molecular flexibility index (Phi) is 4.25. The molecule has 0 saturated carbocycles. The van der Waals surface area contributed by atoms with Crippen molar-refractivity contribution < 1.29 is 0 Å². The molecule has 2 rings (SSSR count). The van der Waals surface area contributed by atoms with E-state index >= 15 is 0 Å². The van der Waals surface area contributed by atoms with E-state index < -0.39 is 0 Å². The number of nitrogens with one attached hydrogen (secondary N) is 1. The molecular formula is C14H20ClN3. The molecular weight excluding hydrogens is 246 g/mol. The van der Waals surface area contributed by atoms with Gasteiger partial charge in [0.1, 0.15) is 5.82 Å². The summed E-state index contributed by atoms with van der Waals surface area (Å²) in [5, 5.41) is 4.20. The molecule has 0 amide bonds. The smallest absolute Gasteiger partial charge is 0.126 e. The van der Waals surface area contributed by atoms with Gasteiger partial charge in [-0.05, 0) is 32.0 Å². The number of aryl methyl sites for hydroxylation is 1. The van der Waals surface area contributed by atoms with Gasteiger partial charge in [0, 0.05) is 6.54 Å². The van der Waals surface area contributed by atoms with E-state index in [0.29, 0.717) is 0 Å². The minimum Gasteiger partial charge on any atom is -0.325 e. The molecule has 0 aliphatic heterocycles. The van der Waals surface area contributed by atoms with Crippen molar-refractivity contribution in [2.75, 3.05) is 6.54 Å². The molecule has 4 heteroatoms. The predicted molar refractivity (Wildman–Crippen MR) is 77.1 cm³/mol. The zero-order valence-electron chi connectivity index (χ0n) is 11.2. The molecule has 3 nitrogen and oxygen atoms in total. The van der Waals surface area contributed by atoms with Gasteiger partial charge in [-0.15, -0.1) is 0 Å². The molecule has 18 heavy (non-hydrogen) atoms. The molecule has 0 saturated heterocycles. The van der Waals surface area contributed by atoms with Gasteiger partial charge in [0.15, 0.2) is 0 Å². The van der Waals surface area contributed by atoms with Crippen molar-refractivity contribution in [2.45, 2.75) is 39.8 Å². The highest BCUT2D eigenvalue weighted by Gasteiger charge is 2.16. The third-order valence-electron chi connectivity index (χ3n) is 3.09. The summed E-state index contributed by atoms with van der Waals surface area (Å²) in [6, 6.07) is 6.15. The SMILES string of the molecule is CCCn1c(C(C)NCC)nc2cccc(Cl)c21. The minimum absolute atomic E-state index is 0.241. The first-order valence-corrected chi connectivity index (χ1v) is 6.94. The molecule has 0 radical (unpaired) electrons. The molecule has 0 aliphatic carbocycles. The average Bonchev–Trinajstić information content (AvgIpc) is 2.70. The molecule has 1 heterocycles. The van der Waals surface area contributed by atoms with Crippen molar-refractivity contribution in [2.24, 2.45) is 0 Å². The Labute approximate surface area is 113 Å². The number of benzene rings is 1. The fourth-order valence-corrected chi connectivity index (χ4v) is 2.61. The molecule has 1 aromatic carbocycles. The largest absolute Gasteiger partial charge is 0.325 e. The summed E-state index contributed by atoms with van der Waals surface area (Å²) in [7, 11) is 0. The number of imidazole rings is 1. The second-order valence-corrected chi connectivity index (χ2v) is 4.92. The molecule has 2 aromatic rings. The van der Waals surface area contributed by atoms with E-state index in [4.69, 9.17) is 16.6 Å². The van der Waals surface area contributed by atoms with Crippen molar-refractivity contribution in [3.05, 3.63) is 29.0 Å². The summed E-state index contributed by atoms with van der Waals surface area (Å²) in [4.78, 5) is 4.73. The molecule has 1 unspecified atom stereocenters. The van der Waals surface area contributed by atoms with Crippen LogP contribution in [0.15, 0.2) is 18.2 Å². The van der Waals surface area contributed by atoms with Gasteiger partial charge in [-0.25, -0.2) is 4.98 Å². The predicted octanol–water partition coefficient (Wildman–Crippen LogP) is 3.77. The molecule has 1 aromatic heterocycles. The van der Waals surface area contributed by atoms with Gasteiger partial charge in [-0.1, -0.05) is 31.5 Å². The topological polar surface area (TPSA) is 29.9 Å². The molecule has 0 spiro atoms. The third kappa shape index (κ3) is 2.38. The van der Waals surface area contributed by atoms with Crippen LogP contribution in [0.1, 0.15) is 39.1 Å². The van der Waals surface area contributed by atoms with Crippen molar-refractivity contribution in [1.82, 2.24) is 14.9 Å². The first-order valence-electron chi connectivity index (χ1n) is 6.57. The van der Waals surface area contributed by atoms with E-state index in [2.05, 4.69) is 30.7 Å². The maximum absolute atomic E-state index is 6.31. The zero-order valence-corrected chi connectivity index (χ0v) is 12.0. The van der Waals surface area contributed by atoms with Crippen LogP contribution in [0.3, 0.4) is 0 Å². The van der Waals surface area contributed by atoms with Crippen molar-refractivity contribution in [1.29, 1.82) is 0 Å². The summed E-state index contributed by atoms with van der Waals surface area (Å²) in [5.74, 6) is 1.07. The Balaban J connectivity index is 2.58. The summed E-state index contributed by atoms with van der Waals surface area (Å²) >= 11 is 6.31. The highest BCUT2D eigenvalue weighted by atomic mass is 35.5. The van der Waals surface area contributed by atoms with E-state index in [1.165, 1.54) is 0 Å². The molecule has 0 fully saturated rings. The number of nitrogens with zero attached hydrogens (tertiary/aromatic N) is 2. The van der Waals surface area contributed by atoms with Crippen LogP contribution in [0.5, 0.6) is 0 Å². The van der Waals surface area contributed by atoms with Crippen LogP contribution >= 0.6 is 11.6 Å². The maximum Gasteiger partial charge on any atom is 0.126 e. The Morgan fingerprint density at radius 1 is 1.39 bits per heavy atom. The van der Waals surface area contributed by atoms with E-state index in [1.54, 1.807) is 0 Å². The van der Waals surface area contributed by atoms with Gasteiger partial charge in [0.25, 0.3) is 0 Å². The number of hydrogen-bond acceptors (Lipinski definition) is 2. The number of halogens is 1. The highest BCUT2D eigenvalue weighted by Crippen LogP contribution is 2.27. The molecule has 0 bridgehead atoms. The van der Waals surface area contributed by atoms with Gasteiger partial charge >= 0.3 is 0 Å². The molecule has 1 atom stereocenters. The number of para-hydroxylation sites is 1. The van der Waals surface area contributed by atoms with E-state index in [0.717, 1.165) is 41.4 Å². The molecule has 1 N–H and O–H groups in total. The molecule has 0 aliphatic rings. The second-order valence-electron chi connectivity index (χ2n) is 4.51. The van der Waals surface area contributed by atoms with Gasteiger partial charge < -0.3 is 9.88 Å². The van der Waals surface area contributed by atoms with Crippen LogP contribution in [-0.2, 0) is 6.54 Å². The monoisotopic (exact) mass is 265 g/mol. The van der Waals surface area contributed by atoms with Crippen LogP contribution in [0.4, 0.5) is 0 Å². The summed E-state index contributed by atoms with van der Waals surface area (Å²) in [5.41, 5.74) is 2.04. The van der Waals surface area contributed by atoms with E-state index in [-0.39, 0.29) is 6.04 Å². The quantitative estimate of drug-likeness (QED) is 0.892. The summed E-state index contributed by atoms with van der Waals surface area (Å²) in [6.07, 6.45) is 1.07. The van der Waals surface area contributed by atoms with Crippen molar-refractivity contribution in [3.63, 3.8) is 0 Å². The highest BCUT2D eigenvalue weighted by molar-refractivity contribution is 6.35. The van der Waals surface area contributed by atoms with Crippen LogP contribution in [-0.4, -0.2) is 16.1 Å². The second kappa shape index (κ2) is 5.72. The van der Waals surface area contributed by atoms with Crippen LogP contribution in [0.25, 0.3) is 11.0 Å². The normalized spacial score (nSPS) is 13.1. The van der Waals surface area contributed by atoms with Crippen LogP contribution in [0, 0.1) is 0 Å². The van der Waals surface area contributed by atoms with Crippen molar-refractivity contribution in [3.8, 4) is 0 Å². The van der Waals surface area contributed by atoms with E-state index in [9.17, 15) is 0 Å². The Morgan fingerprint density at radius 3 is 2.83 bits per heavy atom. The van der Waals surface area contributed by atoms with Gasteiger partial charge in [-0.3, -0.25) is 0 Å². The van der Waals surface area contributed by atoms with Crippen LogP contribution in [0.2, 0.25) is 5.02 Å². The lowest BCUT2D eigenvalue weighted by Gasteiger charge is -2.15. The fourth-order valence-electron chi connectivity index (χ4n) is 2.34. The Morgan fingerprint density at radius 2 is 2.17 bits per heavy atom. The number of fused-ring (bicyclic) bond motifs is 1. The maximum atomic E-state index is 6.31. The average molecular weight is 266 g/mol. The summed E-state index contributed by atoms with van der Waals surface area (Å²) < 4.78 is 2.24. The zero-order chi connectivity index (χ0) is 13.1. The first kappa shape index (κ1) is 13.4. The molecule has 98 valence electrons. The van der Waals surface area contributed by atoms with Gasteiger partial charge in [0.2, 0.25) is 0 Å². The lowest BCUT2D eigenvalue weighted by molar-refractivity contribution is 0.527. The standard InChI is InChI=1S/C14H20ClN3/c1-4-9-18-13-11(15)7-6-8-12(13)17-14(18)10(3)16-5-2/h6-8,10,16H,4-5,9H2,1-3H3. The first-order chi connectivity index (χ1) is 8.69. The fraction of sp³-hybridized carbons (Fsp3) is 0.500. The third-order valence-corrected chi connectivity index (χ3v) is 3.40. The lowest BCUT2D eigenvalue weighted by Crippen LogP contribution is -2.21. The van der Waals surface area contributed by atoms with Gasteiger partial charge in [-0.2, -0.15) is 0 Å². The number of hydrogen-bond donors (Lipinski definition) is 1. The Hall–Kier alpha value is -1.06. The lowest BCUT2D eigenvalue weighted by atomic mass is 10.3. The Bertz CT molecular complexity index is 533. The van der Waals surface area contributed by atoms with Crippen LogP contribution < -0.4 is 5.32 Å². The number of rotatable bonds is 5. The van der Waals surface area contributed by atoms with E-state index in [1.807, 2.05) is 18.2 Å². The van der Waals surface area contributed by atoms with Gasteiger partial charge in [0.05, 0.1) is 22.1 Å². The van der Waals surface area contributed by atoms with Crippen molar-refractivity contribution >= 4 is 22.6 Å². The minimum atomic E-state index is 0.241. The number of aromatic nitrogens is 2. The summed E-state index contributed by atoms with van der Waals surface area (Å²) in [6.45, 7) is 8.31.